The molecule has 0 saturated carbocycles. The van der Waals surface area contributed by atoms with Crippen LogP contribution in [0, 0.1) is 0 Å². The minimum atomic E-state index is 0.280. The third-order valence-corrected chi connectivity index (χ3v) is 7.97. The second-order valence-electron chi connectivity index (χ2n) is 9.12. The first kappa shape index (κ1) is 22.2. The highest BCUT2D eigenvalue weighted by molar-refractivity contribution is 7.10. The molecule has 3 heterocycles. The number of carbonyl (C=O) groups is 1. The van der Waals surface area contributed by atoms with Crippen LogP contribution in [0.2, 0.25) is 0 Å². The van der Waals surface area contributed by atoms with E-state index in [-0.39, 0.29) is 5.91 Å². The molecule has 0 radical (unpaired) electrons. The van der Waals surface area contributed by atoms with Crippen LogP contribution in [0.15, 0.2) is 66.0 Å². The van der Waals surface area contributed by atoms with E-state index in [4.69, 9.17) is 4.74 Å². The maximum absolute atomic E-state index is 12.9. The van der Waals surface area contributed by atoms with E-state index in [0.717, 1.165) is 62.3 Å². The van der Waals surface area contributed by atoms with Gasteiger partial charge < -0.3 is 9.64 Å². The molecule has 5 rings (SSSR count). The maximum Gasteiger partial charge on any atom is 0.222 e. The van der Waals surface area contributed by atoms with Gasteiger partial charge in [0, 0.05) is 43.5 Å². The van der Waals surface area contributed by atoms with Gasteiger partial charge in [0.15, 0.2) is 0 Å². The van der Waals surface area contributed by atoms with Crippen LogP contribution in [-0.2, 0) is 30.8 Å². The molecule has 2 aromatic carbocycles. The summed E-state index contributed by atoms with van der Waals surface area (Å²) in [5.41, 5.74) is 3.82. The number of hydrogen-bond acceptors (Lipinski definition) is 4. The number of amides is 1. The lowest BCUT2D eigenvalue weighted by atomic mass is 9.99. The Morgan fingerprint density at radius 3 is 2.64 bits per heavy atom. The predicted molar refractivity (Wildman–Crippen MR) is 134 cm³/mol. The molecule has 1 amide bonds. The molecule has 2 aliphatic rings. The van der Waals surface area contributed by atoms with Crippen molar-refractivity contribution in [3.8, 4) is 5.75 Å². The third-order valence-electron chi connectivity index (χ3n) is 6.95. The van der Waals surface area contributed by atoms with E-state index in [1.165, 1.54) is 12.0 Å². The van der Waals surface area contributed by atoms with Crippen LogP contribution < -0.4 is 4.74 Å². The fourth-order valence-electron chi connectivity index (χ4n) is 5.00. The zero-order valence-electron chi connectivity index (χ0n) is 19.1. The first-order valence-electron chi connectivity index (χ1n) is 12.1. The lowest BCUT2D eigenvalue weighted by Crippen LogP contribution is -2.47. The van der Waals surface area contributed by atoms with Gasteiger partial charge >= 0.3 is 0 Å². The molecule has 33 heavy (non-hydrogen) atoms. The number of ether oxygens (including phenoxy) is 1. The molecule has 0 aliphatic carbocycles. The van der Waals surface area contributed by atoms with Crippen LogP contribution in [0.1, 0.15) is 40.8 Å². The van der Waals surface area contributed by atoms with Crippen molar-refractivity contribution in [1.29, 1.82) is 0 Å². The Hall–Kier alpha value is -2.63. The highest BCUT2D eigenvalue weighted by atomic mass is 32.1. The summed E-state index contributed by atoms with van der Waals surface area (Å²) < 4.78 is 5.94. The number of rotatable bonds is 7. The molecule has 1 fully saturated rings. The lowest BCUT2D eigenvalue weighted by molar-refractivity contribution is -0.132. The summed E-state index contributed by atoms with van der Waals surface area (Å²) in [5, 5.41) is 2.22. The molecule has 4 nitrogen and oxygen atoms in total. The fourth-order valence-corrected chi connectivity index (χ4v) is 5.89. The van der Waals surface area contributed by atoms with E-state index in [1.807, 2.05) is 41.7 Å². The number of aryl methyl sites for hydroxylation is 1. The molecule has 0 unspecified atom stereocenters. The quantitative estimate of drug-likeness (QED) is 0.479. The molecule has 0 bridgehead atoms. The van der Waals surface area contributed by atoms with Gasteiger partial charge in [0.1, 0.15) is 12.4 Å². The van der Waals surface area contributed by atoms with E-state index in [2.05, 4.69) is 45.5 Å². The van der Waals surface area contributed by atoms with Crippen LogP contribution in [0.5, 0.6) is 5.75 Å². The highest BCUT2D eigenvalue weighted by Gasteiger charge is 2.29. The molecular formula is C28H32N2O2S. The Kier molecular flexibility index (Phi) is 7.08. The average Bonchev–Trinajstić information content (AvgIpc) is 3.35. The minimum absolute atomic E-state index is 0.280. The largest absolute Gasteiger partial charge is 0.489 e. The molecule has 2 aliphatic heterocycles. The molecule has 0 atom stereocenters. The number of nitrogens with zero attached hydrogens (tertiary/aromatic N) is 2. The van der Waals surface area contributed by atoms with Gasteiger partial charge in [-0.15, -0.1) is 11.3 Å². The average molecular weight is 461 g/mol. The summed E-state index contributed by atoms with van der Waals surface area (Å²) in [6.07, 6.45) is 4.69. The molecular weight excluding hydrogens is 428 g/mol. The highest BCUT2D eigenvalue weighted by Crippen LogP contribution is 2.28. The number of carbonyl (C=O) groups excluding carboxylic acids is 1. The van der Waals surface area contributed by atoms with Gasteiger partial charge in [-0.1, -0.05) is 42.5 Å². The summed E-state index contributed by atoms with van der Waals surface area (Å²) in [6, 6.07) is 21.2. The van der Waals surface area contributed by atoms with Crippen molar-refractivity contribution in [1.82, 2.24) is 9.80 Å². The number of likely N-dealkylation sites (tertiary alicyclic amines) is 1. The minimum Gasteiger partial charge on any atom is -0.489 e. The smallest absolute Gasteiger partial charge is 0.222 e. The maximum atomic E-state index is 12.9. The summed E-state index contributed by atoms with van der Waals surface area (Å²) in [7, 11) is 0. The van der Waals surface area contributed by atoms with Gasteiger partial charge in [0.2, 0.25) is 5.91 Å². The topological polar surface area (TPSA) is 32.8 Å². The molecule has 1 aromatic heterocycles. The molecule has 5 heteroatoms. The number of benzene rings is 2. The monoisotopic (exact) mass is 460 g/mol. The molecule has 172 valence electrons. The van der Waals surface area contributed by atoms with E-state index in [1.54, 1.807) is 4.88 Å². The Bertz CT molecular complexity index is 1060. The Balaban J connectivity index is 1.07. The van der Waals surface area contributed by atoms with E-state index < -0.39 is 0 Å². The molecule has 3 aromatic rings. The van der Waals surface area contributed by atoms with Crippen LogP contribution >= 0.6 is 11.3 Å². The third kappa shape index (κ3) is 5.66. The van der Waals surface area contributed by atoms with Crippen molar-refractivity contribution in [3.05, 3.63) is 87.6 Å². The van der Waals surface area contributed by atoms with Crippen molar-refractivity contribution in [2.45, 2.75) is 51.3 Å². The Morgan fingerprint density at radius 1 is 0.970 bits per heavy atom. The van der Waals surface area contributed by atoms with Crippen LogP contribution in [0.4, 0.5) is 0 Å². The van der Waals surface area contributed by atoms with Crippen molar-refractivity contribution >= 4 is 17.2 Å². The number of fused-ring (bicyclic) bond motifs is 1. The lowest BCUT2D eigenvalue weighted by Gasteiger charge is -2.40. The normalized spacial score (nSPS) is 17.0. The number of thiophene rings is 1. The standard InChI is InChI=1S/C28H32N2O2S/c31-28(10-9-22-7-4-8-26(19-22)32-21-23-5-2-1-3-6-23)29-15-11-25(12-16-29)30-17-13-27-24(20-30)14-18-33-27/h1-8,14,18-19,25H,9-13,15-17,20-21H2. The summed E-state index contributed by atoms with van der Waals surface area (Å²) >= 11 is 1.90. The van der Waals surface area contributed by atoms with Crippen LogP contribution in [-0.4, -0.2) is 41.4 Å². The first-order valence-corrected chi connectivity index (χ1v) is 13.0. The van der Waals surface area contributed by atoms with Gasteiger partial charge in [-0.3, -0.25) is 9.69 Å². The molecule has 1 saturated heterocycles. The number of piperidine rings is 1. The van der Waals surface area contributed by atoms with Gasteiger partial charge in [-0.2, -0.15) is 0 Å². The molecule has 0 N–H and O–H groups in total. The van der Waals surface area contributed by atoms with Crippen molar-refractivity contribution in [2.24, 2.45) is 0 Å². The van der Waals surface area contributed by atoms with Crippen molar-refractivity contribution < 1.29 is 9.53 Å². The predicted octanol–water partition coefficient (Wildman–Crippen LogP) is 5.31. The summed E-state index contributed by atoms with van der Waals surface area (Å²) in [6.45, 7) is 4.57. The van der Waals surface area contributed by atoms with Gasteiger partial charge in [-0.25, -0.2) is 0 Å². The van der Waals surface area contributed by atoms with Crippen molar-refractivity contribution in [2.75, 3.05) is 19.6 Å². The zero-order valence-corrected chi connectivity index (χ0v) is 19.9. The summed E-state index contributed by atoms with van der Waals surface area (Å²) in [4.78, 5) is 19.1. The van der Waals surface area contributed by atoms with E-state index in [9.17, 15) is 4.79 Å². The Labute approximate surface area is 200 Å². The van der Waals surface area contributed by atoms with Gasteiger partial charge in [0.25, 0.3) is 0 Å². The summed E-state index contributed by atoms with van der Waals surface area (Å²) in [5.74, 6) is 1.14. The number of hydrogen-bond donors (Lipinski definition) is 0. The van der Waals surface area contributed by atoms with Crippen LogP contribution in [0.3, 0.4) is 0 Å². The fraction of sp³-hybridized carbons (Fsp3) is 0.393. The van der Waals surface area contributed by atoms with E-state index >= 15 is 0 Å². The first-order chi connectivity index (χ1) is 16.2. The Morgan fingerprint density at radius 2 is 1.79 bits per heavy atom. The van der Waals surface area contributed by atoms with Crippen molar-refractivity contribution in [3.63, 3.8) is 0 Å². The zero-order chi connectivity index (χ0) is 22.5. The van der Waals surface area contributed by atoms with E-state index in [0.29, 0.717) is 19.1 Å². The van der Waals surface area contributed by atoms with Gasteiger partial charge in [0.05, 0.1) is 0 Å². The second kappa shape index (κ2) is 10.5. The molecule has 0 spiro atoms. The van der Waals surface area contributed by atoms with Gasteiger partial charge in [-0.05, 0) is 66.0 Å². The SMILES string of the molecule is O=C(CCc1cccc(OCc2ccccc2)c1)N1CCC(N2CCc3sccc3C2)CC1. The van der Waals surface area contributed by atoms with Crippen LogP contribution in [0.25, 0.3) is 0 Å². The second-order valence-corrected chi connectivity index (χ2v) is 10.1.